The van der Waals surface area contributed by atoms with E-state index in [1.807, 2.05) is 31.2 Å². The van der Waals surface area contributed by atoms with E-state index in [0.29, 0.717) is 16.7 Å². The Hall–Kier alpha value is -2.61. The molecule has 1 saturated heterocycles. The summed E-state index contributed by atoms with van der Waals surface area (Å²) in [6.45, 7) is 3.35. The van der Waals surface area contributed by atoms with Gasteiger partial charge in [-0.1, -0.05) is 35.2 Å². The topological polar surface area (TPSA) is 120 Å². The predicted molar refractivity (Wildman–Crippen MR) is 114 cm³/mol. The summed E-state index contributed by atoms with van der Waals surface area (Å²) in [6.07, 6.45) is 2.38. The molecule has 0 unspecified atom stereocenters. The minimum atomic E-state index is -0.378. The second-order valence-corrected chi connectivity index (χ2v) is 9.19. The average Bonchev–Trinajstić information content (AvgIpc) is 3.47. The molecule has 1 aliphatic rings. The number of ether oxygens (including phenoxy) is 1. The van der Waals surface area contributed by atoms with Gasteiger partial charge in [0.15, 0.2) is 10.2 Å². The predicted octanol–water partition coefficient (Wildman–Crippen LogP) is 3.98. The maximum Gasteiger partial charge on any atom is 0.206 e. The van der Waals surface area contributed by atoms with Gasteiger partial charge in [0.1, 0.15) is 17.4 Å². The summed E-state index contributed by atoms with van der Waals surface area (Å²) in [6, 6.07) is 9.56. The van der Waals surface area contributed by atoms with E-state index >= 15 is 0 Å². The van der Waals surface area contributed by atoms with Crippen molar-refractivity contribution in [3.05, 3.63) is 35.8 Å². The van der Waals surface area contributed by atoms with Gasteiger partial charge in [-0.2, -0.15) is 5.26 Å². The summed E-state index contributed by atoms with van der Waals surface area (Å²) in [5.41, 5.74) is 1.69. The molecule has 0 aliphatic carbocycles. The number of aromatic amines is 1. The van der Waals surface area contributed by atoms with Gasteiger partial charge in [0.2, 0.25) is 5.13 Å². The van der Waals surface area contributed by atoms with E-state index in [4.69, 9.17) is 4.74 Å². The number of thioether (sulfide) groups is 1. The van der Waals surface area contributed by atoms with Gasteiger partial charge in [-0.3, -0.25) is 0 Å². The van der Waals surface area contributed by atoms with Crippen molar-refractivity contribution in [2.75, 3.05) is 18.5 Å². The first-order valence-corrected chi connectivity index (χ1v) is 11.0. The fourth-order valence-corrected chi connectivity index (χ4v) is 5.01. The van der Waals surface area contributed by atoms with Crippen molar-refractivity contribution < 1.29 is 9.84 Å². The van der Waals surface area contributed by atoms with E-state index in [1.165, 1.54) is 23.1 Å². The van der Waals surface area contributed by atoms with Crippen LogP contribution in [0, 0.1) is 11.3 Å². The normalized spacial score (nSPS) is 18.4. The molecule has 1 fully saturated rings. The fourth-order valence-electron chi connectivity index (χ4n) is 3.05. The van der Waals surface area contributed by atoms with Crippen LogP contribution in [0.3, 0.4) is 0 Å². The summed E-state index contributed by atoms with van der Waals surface area (Å²) < 4.78 is 6.30. The van der Waals surface area contributed by atoms with E-state index < -0.39 is 0 Å². The summed E-state index contributed by atoms with van der Waals surface area (Å²) in [4.78, 5) is 7.49. The highest BCUT2D eigenvalue weighted by molar-refractivity contribution is 8.01. The lowest BCUT2D eigenvalue weighted by Crippen LogP contribution is -2.18. The van der Waals surface area contributed by atoms with E-state index in [2.05, 4.69) is 31.6 Å². The third-order valence-electron chi connectivity index (χ3n) is 4.57. The Morgan fingerprint density at radius 3 is 3.10 bits per heavy atom. The van der Waals surface area contributed by atoms with E-state index in [0.717, 1.165) is 35.6 Å². The standard InChI is InChI=1S/C19H20N6O2S2/c1-11(28-19-25-24-18(29-19)21-10-12-5-4-8-27-12)16(26)13(9-20)17-22-14-6-2-3-7-15(14)23-17/h2-3,6-7,11-12,26H,4-5,8,10H2,1H3,(H,21,24)(H,22,23)/t11-,12+/m1/s1. The summed E-state index contributed by atoms with van der Waals surface area (Å²) >= 11 is 2.76. The number of para-hydroxylation sites is 2. The van der Waals surface area contributed by atoms with Crippen LogP contribution in [0.5, 0.6) is 0 Å². The molecule has 3 aromatic rings. The molecule has 150 valence electrons. The Balaban J connectivity index is 1.45. The number of fused-ring (bicyclic) bond motifs is 1. The number of nitrogens with one attached hydrogen (secondary N) is 2. The zero-order valence-corrected chi connectivity index (χ0v) is 17.4. The highest BCUT2D eigenvalue weighted by atomic mass is 32.2. The first kappa shape index (κ1) is 19.7. The molecule has 8 nitrogen and oxygen atoms in total. The maximum atomic E-state index is 10.7. The van der Waals surface area contributed by atoms with Crippen molar-refractivity contribution in [1.29, 1.82) is 5.26 Å². The number of aliphatic hydroxyl groups is 1. The average molecular weight is 429 g/mol. The smallest absolute Gasteiger partial charge is 0.206 e. The first-order valence-electron chi connectivity index (χ1n) is 9.28. The highest BCUT2D eigenvalue weighted by Crippen LogP contribution is 2.33. The number of aliphatic hydroxyl groups excluding tert-OH is 1. The van der Waals surface area contributed by atoms with Crippen LogP contribution in [0.4, 0.5) is 5.13 Å². The van der Waals surface area contributed by atoms with Crippen LogP contribution in [-0.2, 0) is 4.74 Å². The van der Waals surface area contributed by atoms with Crippen molar-refractivity contribution >= 4 is 44.8 Å². The molecule has 0 bridgehead atoms. The van der Waals surface area contributed by atoms with Gasteiger partial charge < -0.3 is 20.1 Å². The SMILES string of the molecule is C[C@@H](Sc1nnc(NC[C@@H]2CCCO2)s1)C(O)=C(C#N)c1nc2ccccc2[nH]1. The van der Waals surface area contributed by atoms with Gasteiger partial charge in [-0.05, 0) is 31.9 Å². The molecule has 10 heteroatoms. The van der Waals surface area contributed by atoms with Gasteiger partial charge in [0, 0.05) is 13.2 Å². The number of allylic oxidation sites excluding steroid dienone is 1. The molecule has 0 saturated carbocycles. The van der Waals surface area contributed by atoms with Gasteiger partial charge in [0.05, 0.1) is 22.4 Å². The Labute approximate surface area is 176 Å². The maximum absolute atomic E-state index is 10.7. The number of hydrogen-bond acceptors (Lipinski definition) is 9. The van der Waals surface area contributed by atoms with Crippen molar-refractivity contribution in [2.24, 2.45) is 0 Å². The molecule has 3 N–H and O–H groups in total. The summed E-state index contributed by atoms with van der Waals surface area (Å²) in [5, 5.41) is 32.2. The molecule has 0 amide bonds. The van der Waals surface area contributed by atoms with Crippen LogP contribution in [-0.4, -0.2) is 49.8 Å². The minimum absolute atomic E-state index is 0.0411. The van der Waals surface area contributed by atoms with Crippen LogP contribution in [0.1, 0.15) is 25.6 Å². The van der Waals surface area contributed by atoms with Crippen molar-refractivity contribution in [1.82, 2.24) is 20.2 Å². The van der Waals surface area contributed by atoms with Crippen molar-refractivity contribution in [2.45, 2.75) is 35.5 Å². The highest BCUT2D eigenvalue weighted by Gasteiger charge is 2.21. The number of nitriles is 1. The Kier molecular flexibility index (Phi) is 5.99. The minimum Gasteiger partial charge on any atom is -0.510 e. The molecule has 1 aromatic carbocycles. The second-order valence-electron chi connectivity index (χ2n) is 6.62. The quantitative estimate of drug-likeness (QED) is 0.294. The van der Waals surface area contributed by atoms with Gasteiger partial charge in [0.25, 0.3) is 0 Å². The molecule has 0 spiro atoms. The van der Waals surface area contributed by atoms with E-state index in [1.54, 1.807) is 0 Å². The number of aromatic nitrogens is 4. The van der Waals surface area contributed by atoms with Crippen LogP contribution in [0.25, 0.3) is 16.6 Å². The van der Waals surface area contributed by atoms with Crippen molar-refractivity contribution in [3.8, 4) is 6.07 Å². The molecular formula is C19H20N6O2S2. The summed E-state index contributed by atoms with van der Waals surface area (Å²) in [7, 11) is 0. The third-order valence-corrected chi connectivity index (χ3v) is 6.64. The lowest BCUT2D eigenvalue weighted by Gasteiger charge is -2.09. The molecule has 2 atom stereocenters. The lowest BCUT2D eigenvalue weighted by molar-refractivity contribution is 0.120. The van der Waals surface area contributed by atoms with Gasteiger partial charge in [-0.25, -0.2) is 4.98 Å². The number of rotatable bonds is 7. The van der Waals surface area contributed by atoms with Crippen LogP contribution in [0.2, 0.25) is 0 Å². The van der Waals surface area contributed by atoms with Crippen molar-refractivity contribution in [3.63, 3.8) is 0 Å². The van der Waals surface area contributed by atoms with Gasteiger partial charge in [-0.15, -0.1) is 10.2 Å². The molecule has 3 heterocycles. The van der Waals surface area contributed by atoms with Gasteiger partial charge >= 0.3 is 0 Å². The number of nitrogens with zero attached hydrogens (tertiary/aromatic N) is 4. The van der Waals surface area contributed by atoms with E-state index in [9.17, 15) is 10.4 Å². The third kappa shape index (κ3) is 4.53. The lowest BCUT2D eigenvalue weighted by atomic mass is 10.2. The number of benzene rings is 1. The number of anilines is 1. The number of H-pyrrole nitrogens is 1. The Bertz CT molecular complexity index is 1030. The molecular weight excluding hydrogens is 408 g/mol. The largest absolute Gasteiger partial charge is 0.510 e. The molecule has 0 radical (unpaired) electrons. The summed E-state index contributed by atoms with van der Waals surface area (Å²) in [5.74, 6) is 0.315. The molecule has 2 aromatic heterocycles. The number of hydrogen-bond donors (Lipinski definition) is 3. The van der Waals surface area contributed by atoms with E-state index in [-0.39, 0.29) is 22.7 Å². The monoisotopic (exact) mass is 428 g/mol. The Morgan fingerprint density at radius 2 is 2.34 bits per heavy atom. The van der Waals surface area contributed by atoms with Crippen LogP contribution in [0.15, 0.2) is 34.4 Å². The van der Waals surface area contributed by atoms with Crippen LogP contribution >= 0.6 is 23.1 Å². The molecule has 4 rings (SSSR count). The first-order chi connectivity index (χ1) is 14.1. The Morgan fingerprint density at radius 1 is 1.48 bits per heavy atom. The number of imidazole rings is 1. The zero-order chi connectivity index (χ0) is 20.2. The zero-order valence-electron chi connectivity index (χ0n) is 15.8. The van der Waals surface area contributed by atoms with Crippen LogP contribution < -0.4 is 5.32 Å². The molecule has 29 heavy (non-hydrogen) atoms. The second kappa shape index (κ2) is 8.82. The molecule has 1 aliphatic heterocycles. The fraction of sp³-hybridized carbons (Fsp3) is 0.368.